The number of nitrogens with zero attached hydrogens (tertiary/aromatic N) is 4. The summed E-state index contributed by atoms with van der Waals surface area (Å²) < 4.78 is 15.9. The molecule has 2 aromatic carbocycles. The number of likely N-dealkylation sites (tertiary alicyclic amines) is 1. The minimum atomic E-state index is -0.379. The van der Waals surface area contributed by atoms with E-state index < -0.39 is 0 Å². The fraction of sp³-hybridized carbons (Fsp3) is 0.385. The number of piperidine rings is 1. The molecule has 1 amide bonds. The molecule has 2 aliphatic heterocycles. The SMILES string of the molecule is CC(C)CN1Cc2ccccc2-n2ccnc2C12CCN(C(=O)c1cccc(F)c1)CC2. The van der Waals surface area contributed by atoms with Gasteiger partial charge in [-0.05, 0) is 48.6 Å². The monoisotopic (exact) mass is 432 g/mol. The predicted molar refractivity (Wildman–Crippen MR) is 122 cm³/mol. The van der Waals surface area contributed by atoms with Crippen LogP contribution >= 0.6 is 0 Å². The molecule has 0 bridgehead atoms. The van der Waals surface area contributed by atoms with Crippen molar-refractivity contribution in [1.82, 2.24) is 19.4 Å². The van der Waals surface area contributed by atoms with Gasteiger partial charge >= 0.3 is 0 Å². The lowest BCUT2D eigenvalue weighted by Gasteiger charge is -2.48. The van der Waals surface area contributed by atoms with E-state index in [1.807, 2.05) is 11.1 Å². The van der Waals surface area contributed by atoms with E-state index in [-0.39, 0.29) is 17.3 Å². The van der Waals surface area contributed by atoms with E-state index >= 15 is 0 Å². The maximum Gasteiger partial charge on any atom is 0.253 e. The van der Waals surface area contributed by atoms with Gasteiger partial charge in [-0.1, -0.05) is 38.1 Å². The van der Waals surface area contributed by atoms with Crippen molar-refractivity contribution in [3.63, 3.8) is 0 Å². The van der Waals surface area contributed by atoms with Crippen LogP contribution in [0.2, 0.25) is 0 Å². The van der Waals surface area contributed by atoms with Crippen LogP contribution in [-0.4, -0.2) is 44.9 Å². The second-order valence-electron chi connectivity index (χ2n) is 9.36. The lowest BCUT2D eigenvalue weighted by molar-refractivity contribution is 0.000776. The number of benzene rings is 2. The Morgan fingerprint density at radius 2 is 1.91 bits per heavy atom. The summed E-state index contributed by atoms with van der Waals surface area (Å²) in [7, 11) is 0. The zero-order valence-electron chi connectivity index (χ0n) is 18.7. The summed E-state index contributed by atoms with van der Waals surface area (Å²) in [6.07, 6.45) is 5.54. The van der Waals surface area contributed by atoms with Crippen molar-refractivity contribution in [1.29, 1.82) is 0 Å². The number of fused-ring (bicyclic) bond motifs is 4. The molecule has 1 saturated heterocycles. The fourth-order valence-corrected chi connectivity index (χ4v) is 5.32. The molecule has 6 heteroatoms. The van der Waals surface area contributed by atoms with E-state index in [4.69, 9.17) is 4.98 Å². The Morgan fingerprint density at radius 1 is 1.12 bits per heavy atom. The first-order valence-corrected chi connectivity index (χ1v) is 11.4. The Bertz CT molecular complexity index is 1130. The lowest BCUT2D eigenvalue weighted by atomic mass is 9.83. The maximum atomic E-state index is 13.7. The van der Waals surface area contributed by atoms with E-state index in [1.165, 1.54) is 23.4 Å². The second-order valence-corrected chi connectivity index (χ2v) is 9.36. The van der Waals surface area contributed by atoms with E-state index in [2.05, 4.69) is 53.8 Å². The van der Waals surface area contributed by atoms with Crippen molar-refractivity contribution in [2.45, 2.75) is 38.8 Å². The van der Waals surface area contributed by atoms with Crippen molar-refractivity contribution < 1.29 is 9.18 Å². The molecule has 0 aliphatic carbocycles. The van der Waals surface area contributed by atoms with E-state index in [9.17, 15) is 9.18 Å². The largest absolute Gasteiger partial charge is 0.338 e. The maximum absolute atomic E-state index is 13.7. The van der Waals surface area contributed by atoms with Gasteiger partial charge in [-0.2, -0.15) is 0 Å². The van der Waals surface area contributed by atoms with Gasteiger partial charge in [0.1, 0.15) is 11.6 Å². The van der Waals surface area contributed by atoms with Gasteiger partial charge in [-0.25, -0.2) is 9.37 Å². The number of hydrogen-bond donors (Lipinski definition) is 0. The molecule has 1 spiro atoms. The number of para-hydroxylation sites is 1. The van der Waals surface area contributed by atoms with Gasteiger partial charge in [0.15, 0.2) is 0 Å². The third kappa shape index (κ3) is 3.52. The van der Waals surface area contributed by atoms with Gasteiger partial charge in [0, 0.05) is 44.1 Å². The zero-order chi connectivity index (χ0) is 22.3. The summed E-state index contributed by atoms with van der Waals surface area (Å²) in [5.41, 5.74) is 2.65. The normalized spacial score (nSPS) is 17.8. The molecule has 3 heterocycles. The molecule has 1 aromatic heterocycles. The molecule has 0 atom stereocenters. The first kappa shape index (κ1) is 20.9. The topological polar surface area (TPSA) is 41.4 Å². The van der Waals surface area contributed by atoms with Gasteiger partial charge in [-0.3, -0.25) is 9.69 Å². The number of carbonyl (C=O) groups excluding carboxylic acids is 1. The van der Waals surface area contributed by atoms with Gasteiger partial charge in [0.25, 0.3) is 5.91 Å². The molecular weight excluding hydrogens is 403 g/mol. The quantitative estimate of drug-likeness (QED) is 0.607. The Morgan fingerprint density at radius 3 is 2.66 bits per heavy atom. The highest BCUT2D eigenvalue weighted by atomic mass is 19.1. The Kier molecular flexibility index (Phi) is 5.33. The highest BCUT2D eigenvalue weighted by Gasteiger charge is 2.47. The highest BCUT2D eigenvalue weighted by molar-refractivity contribution is 5.94. The van der Waals surface area contributed by atoms with E-state index in [0.717, 1.165) is 31.8 Å². The summed E-state index contributed by atoms with van der Waals surface area (Å²) in [4.78, 5) is 22.3. The predicted octanol–water partition coefficient (Wildman–Crippen LogP) is 4.61. The van der Waals surface area contributed by atoms with Gasteiger partial charge < -0.3 is 9.47 Å². The molecule has 2 aliphatic rings. The van der Waals surface area contributed by atoms with Crippen LogP contribution in [0.15, 0.2) is 60.9 Å². The number of aromatic nitrogens is 2. The molecule has 5 nitrogen and oxygen atoms in total. The summed E-state index contributed by atoms with van der Waals surface area (Å²) in [6, 6.07) is 14.5. The summed E-state index contributed by atoms with van der Waals surface area (Å²) >= 11 is 0. The third-order valence-corrected chi connectivity index (χ3v) is 6.81. The van der Waals surface area contributed by atoms with Crippen LogP contribution in [0.4, 0.5) is 4.39 Å². The molecule has 0 N–H and O–H groups in total. The standard InChI is InChI=1S/C26H29FN4O/c1-19(2)17-30-18-21-6-3-4-9-23(21)31-15-12-28-25(31)26(30)10-13-29(14-11-26)24(32)20-7-5-8-22(27)16-20/h3-9,12,15-16,19H,10-11,13-14,17-18H2,1-2H3. The third-order valence-electron chi connectivity index (χ3n) is 6.81. The Hall–Kier alpha value is -2.99. The van der Waals surface area contributed by atoms with Crippen LogP contribution in [0, 0.1) is 11.7 Å². The van der Waals surface area contributed by atoms with Crippen molar-refractivity contribution in [2.24, 2.45) is 5.92 Å². The van der Waals surface area contributed by atoms with Crippen LogP contribution in [0.5, 0.6) is 0 Å². The van der Waals surface area contributed by atoms with Crippen LogP contribution in [0.3, 0.4) is 0 Å². The smallest absolute Gasteiger partial charge is 0.253 e. The molecular formula is C26H29FN4O. The molecule has 0 unspecified atom stereocenters. The molecule has 0 saturated carbocycles. The van der Waals surface area contributed by atoms with Crippen LogP contribution in [0.25, 0.3) is 5.69 Å². The first-order chi connectivity index (χ1) is 15.5. The zero-order valence-corrected chi connectivity index (χ0v) is 18.7. The minimum Gasteiger partial charge on any atom is -0.338 e. The summed E-state index contributed by atoms with van der Waals surface area (Å²) in [6.45, 7) is 7.55. The number of imidazole rings is 1. The molecule has 166 valence electrons. The first-order valence-electron chi connectivity index (χ1n) is 11.4. The molecule has 5 rings (SSSR count). The lowest BCUT2D eigenvalue weighted by Crippen LogP contribution is -2.55. The van der Waals surface area contributed by atoms with Gasteiger partial charge in [0.05, 0.1) is 11.2 Å². The molecule has 3 aromatic rings. The molecule has 32 heavy (non-hydrogen) atoms. The molecule has 1 fully saturated rings. The van der Waals surface area contributed by atoms with Crippen LogP contribution in [-0.2, 0) is 12.1 Å². The van der Waals surface area contributed by atoms with Crippen molar-refractivity contribution >= 4 is 5.91 Å². The highest BCUT2D eigenvalue weighted by Crippen LogP contribution is 2.43. The average Bonchev–Trinajstić information content (AvgIpc) is 3.25. The van der Waals surface area contributed by atoms with Crippen molar-refractivity contribution in [2.75, 3.05) is 19.6 Å². The van der Waals surface area contributed by atoms with Crippen LogP contribution in [0.1, 0.15) is 48.4 Å². The van der Waals surface area contributed by atoms with E-state index in [1.54, 1.807) is 12.1 Å². The number of amides is 1. The summed E-state index contributed by atoms with van der Waals surface area (Å²) in [5, 5.41) is 0. The van der Waals surface area contributed by atoms with Gasteiger partial charge in [0.2, 0.25) is 0 Å². The Balaban J connectivity index is 1.49. The van der Waals surface area contributed by atoms with E-state index in [0.29, 0.717) is 24.6 Å². The number of halogens is 1. The minimum absolute atomic E-state index is 0.102. The van der Waals surface area contributed by atoms with Crippen molar-refractivity contribution in [3.05, 3.63) is 83.7 Å². The van der Waals surface area contributed by atoms with Crippen LogP contribution < -0.4 is 0 Å². The number of carbonyl (C=O) groups is 1. The fourth-order valence-electron chi connectivity index (χ4n) is 5.32. The Labute approximate surface area is 188 Å². The summed E-state index contributed by atoms with van der Waals surface area (Å²) in [5.74, 6) is 1.08. The number of rotatable bonds is 3. The average molecular weight is 433 g/mol. The second kappa shape index (κ2) is 8.17. The van der Waals surface area contributed by atoms with Crippen molar-refractivity contribution in [3.8, 4) is 5.69 Å². The van der Waals surface area contributed by atoms with Gasteiger partial charge in [-0.15, -0.1) is 0 Å². The molecule has 0 radical (unpaired) electrons. The number of hydrogen-bond acceptors (Lipinski definition) is 3.